The number of carbonyl (C=O) groups is 2. The Morgan fingerprint density at radius 3 is 2.71 bits per heavy atom. The summed E-state index contributed by atoms with van der Waals surface area (Å²) in [5, 5.41) is 0. The fraction of sp³-hybridized carbons (Fsp3) is 0.435. The molecule has 2 aliphatic heterocycles. The number of nitrogens with zero attached hydrogens (tertiary/aromatic N) is 5. The quantitative estimate of drug-likeness (QED) is 0.311. The number of piperazine rings is 1. The highest BCUT2D eigenvalue weighted by Crippen LogP contribution is 2.33. The number of anilines is 1. The first kappa shape index (κ1) is 25.1. The van der Waals surface area contributed by atoms with Gasteiger partial charge in [0.25, 0.3) is 11.5 Å². The van der Waals surface area contributed by atoms with Crippen LogP contribution >= 0.6 is 24.0 Å². The van der Waals surface area contributed by atoms with Gasteiger partial charge in [0.2, 0.25) is 0 Å². The molecule has 0 radical (unpaired) electrons. The number of amides is 2. The second-order valence-corrected chi connectivity index (χ2v) is 9.61. The van der Waals surface area contributed by atoms with Gasteiger partial charge in [0, 0.05) is 52.6 Å². The molecule has 35 heavy (non-hydrogen) atoms. The largest absolute Gasteiger partial charge is 0.450 e. The zero-order valence-corrected chi connectivity index (χ0v) is 21.3. The molecular weight excluding hydrogens is 490 g/mol. The molecule has 0 atom stereocenters. The van der Waals surface area contributed by atoms with Crippen molar-refractivity contribution in [3.63, 3.8) is 0 Å². The van der Waals surface area contributed by atoms with Gasteiger partial charge in [-0.3, -0.25) is 18.9 Å². The van der Waals surface area contributed by atoms with Gasteiger partial charge in [0.15, 0.2) is 0 Å². The van der Waals surface area contributed by atoms with Gasteiger partial charge in [-0.05, 0) is 31.6 Å². The molecule has 4 heterocycles. The molecule has 4 rings (SSSR count). The van der Waals surface area contributed by atoms with E-state index in [4.69, 9.17) is 26.7 Å². The Kier molecular flexibility index (Phi) is 8.04. The first-order valence-electron chi connectivity index (χ1n) is 11.4. The molecule has 0 unspecified atom stereocenters. The number of fused-ring (bicyclic) bond motifs is 1. The lowest BCUT2D eigenvalue weighted by atomic mass is 10.2. The van der Waals surface area contributed by atoms with Crippen LogP contribution in [0.2, 0.25) is 0 Å². The number of thioether (sulfide) groups is 1. The lowest BCUT2D eigenvalue weighted by Crippen LogP contribution is -2.49. The van der Waals surface area contributed by atoms with Crippen LogP contribution in [0.15, 0.2) is 34.1 Å². The van der Waals surface area contributed by atoms with Gasteiger partial charge in [-0.15, -0.1) is 0 Å². The van der Waals surface area contributed by atoms with E-state index in [9.17, 15) is 14.4 Å². The van der Waals surface area contributed by atoms with Gasteiger partial charge in [-0.2, -0.15) is 0 Å². The van der Waals surface area contributed by atoms with Crippen molar-refractivity contribution in [2.24, 2.45) is 0 Å². The van der Waals surface area contributed by atoms with Crippen molar-refractivity contribution in [1.82, 2.24) is 19.2 Å². The Hall–Kier alpha value is -2.96. The Morgan fingerprint density at radius 1 is 1.23 bits per heavy atom. The van der Waals surface area contributed by atoms with E-state index in [1.807, 2.05) is 11.0 Å². The van der Waals surface area contributed by atoms with Crippen LogP contribution in [0.4, 0.5) is 10.6 Å². The van der Waals surface area contributed by atoms with Crippen LogP contribution in [0.3, 0.4) is 0 Å². The number of ether oxygens (including phenoxy) is 2. The smallest absolute Gasteiger partial charge is 0.409 e. The number of thiocarbonyl (C=S) groups is 1. The third-order valence-corrected chi connectivity index (χ3v) is 7.11. The standard InChI is InChI=1S/C23H27N5O5S2/c1-3-33-22(31)26-12-10-25(11-13-26)19-16(20(29)27-8-5-4-7-18(27)24-19)15-17-21(30)28(23(34)35-17)9-6-14-32-2/h4-5,7-8,15H,3,6,9-14H2,1-2H3/b17-15+. The van der Waals surface area contributed by atoms with Gasteiger partial charge in [-0.1, -0.05) is 30.0 Å². The van der Waals surface area contributed by atoms with Crippen LogP contribution in [0.1, 0.15) is 18.9 Å². The molecule has 2 aromatic heterocycles. The van der Waals surface area contributed by atoms with Gasteiger partial charge in [-0.25, -0.2) is 9.78 Å². The first-order chi connectivity index (χ1) is 16.9. The minimum Gasteiger partial charge on any atom is -0.450 e. The van der Waals surface area contributed by atoms with Crippen LogP contribution < -0.4 is 10.5 Å². The average molecular weight is 518 g/mol. The molecule has 0 aromatic carbocycles. The average Bonchev–Trinajstić information content (AvgIpc) is 3.13. The summed E-state index contributed by atoms with van der Waals surface area (Å²) in [6.45, 7) is 4.90. The van der Waals surface area contributed by atoms with E-state index in [1.54, 1.807) is 43.3 Å². The summed E-state index contributed by atoms with van der Waals surface area (Å²) in [7, 11) is 1.61. The summed E-state index contributed by atoms with van der Waals surface area (Å²) in [6, 6.07) is 5.33. The number of hydrogen-bond donors (Lipinski definition) is 0. The van der Waals surface area contributed by atoms with Crippen LogP contribution in [0.5, 0.6) is 0 Å². The summed E-state index contributed by atoms with van der Waals surface area (Å²) in [6.07, 6.45) is 3.56. The van der Waals surface area contributed by atoms with E-state index in [0.29, 0.717) is 78.6 Å². The first-order valence-corrected chi connectivity index (χ1v) is 12.6. The minimum absolute atomic E-state index is 0.230. The molecule has 186 valence electrons. The topological polar surface area (TPSA) is 96.7 Å². The second-order valence-electron chi connectivity index (χ2n) is 7.94. The summed E-state index contributed by atoms with van der Waals surface area (Å²) in [4.78, 5) is 48.9. The predicted octanol–water partition coefficient (Wildman–Crippen LogP) is 2.21. The van der Waals surface area contributed by atoms with E-state index in [0.717, 1.165) is 0 Å². The zero-order chi connectivity index (χ0) is 24.9. The molecular formula is C23H27N5O5S2. The molecule has 2 aromatic rings. The number of methoxy groups -OCH3 is 1. The van der Waals surface area contributed by atoms with E-state index < -0.39 is 0 Å². The Bertz CT molecular complexity index is 1220. The third kappa shape index (κ3) is 5.34. The van der Waals surface area contributed by atoms with Crippen molar-refractivity contribution in [1.29, 1.82) is 0 Å². The van der Waals surface area contributed by atoms with Crippen molar-refractivity contribution in [2.75, 3.05) is 57.9 Å². The lowest BCUT2D eigenvalue weighted by Gasteiger charge is -2.35. The number of rotatable bonds is 7. The number of carbonyl (C=O) groups excluding carboxylic acids is 2. The summed E-state index contributed by atoms with van der Waals surface area (Å²) < 4.78 is 12.1. The number of aromatic nitrogens is 2. The molecule has 12 heteroatoms. The molecule has 10 nitrogen and oxygen atoms in total. The highest BCUT2D eigenvalue weighted by Gasteiger charge is 2.33. The van der Waals surface area contributed by atoms with Gasteiger partial charge in [0.1, 0.15) is 15.8 Å². The molecule has 0 spiro atoms. The van der Waals surface area contributed by atoms with E-state index >= 15 is 0 Å². The highest BCUT2D eigenvalue weighted by atomic mass is 32.2. The SMILES string of the molecule is CCOC(=O)N1CCN(c2nc3ccccn3c(=O)c2/C=C2/SC(=S)N(CCCOC)C2=O)CC1. The second kappa shape index (κ2) is 11.2. The van der Waals surface area contributed by atoms with E-state index in [2.05, 4.69) is 0 Å². The highest BCUT2D eigenvalue weighted by molar-refractivity contribution is 8.26. The van der Waals surface area contributed by atoms with Crippen molar-refractivity contribution in [2.45, 2.75) is 13.3 Å². The number of hydrogen-bond acceptors (Lipinski definition) is 9. The molecule has 0 bridgehead atoms. The summed E-state index contributed by atoms with van der Waals surface area (Å²) >= 11 is 6.59. The summed E-state index contributed by atoms with van der Waals surface area (Å²) in [5.74, 6) is 0.251. The maximum Gasteiger partial charge on any atom is 0.409 e. The van der Waals surface area contributed by atoms with Gasteiger partial charge in [0.05, 0.1) is 17.1 Å². The molecule has 2 amide bonds. The maximum atomic E-state index is 13.5. The Balaban J connectivity index is 1.68. The van der Waals surface area contributed by atoms with E-state index in [1.165, 1.54) is 21.1 Å². The van der Waals surface area contributed by atoms with Crippen LogP contribution in [0, 0.1) is 0 Å². The predicted molar refractivity (Wildman–Crippen MR) is 139 cm³/mol. The van der Waals surface area contributed by atoms with Crippen LogP contribution in [-0.2, 0) is 14.3 Å². The third-order valence-electron chi connectivity index (χ3n) is 5.73. The monoisotopic (exact) mass is 517 g/mol. The van der Waals surface area contributed by atoms with Crippen LogP contribution in [-0.4, -0.2) is 88.6 Å². The van der Waals surface area contributed by atoms with Crippen molar-refractivity contribution >= 4 is 57.8 Å². The van der Waals surface area contributed by atoms with Crippen molar-refractivity contribution in [3.05, 3.63) is 45.2 Å². The zero-order valence-electron chi connectivity index (χ0n) is 19.6. The fourth-order valence-electron chi connectivity index (χ4n) is 3.96. The molecule has 0 saturated carbocycles. The van der Waals surface area contributed by atoms with Crippen molar-refractivity contribution < 1.29 is 19.1 Å². The fourth-order valence-corrected chi connectivity index (χ4v) is 5.26. The van der Waals surface area contributed by atoms with E-state index in [-0.39, 0.29) is 17.6 Å². The Labute approximate surface area is 212 Å². The lowest BCUT2D eigenvalue weighted by molar-refractivity contribution is -0.122. The number of pyridine rings is 1. The normalized spacial score (nSPS) is 17.7. The van der Waals surface area contributed by atoms with Crippen LogP contribution in [0.25, 0.3) is 11.7 Å². The Morgan fingerprint density at radius 2 is 2.00 bits per heavy atom. The van der Waals surface area contributed by atoms with Crippen molar-refractivity contribution in [3.8, 4) is 0 Å². The minimum atomic E-state index is -0.351. The molecule has 2 aliphatic rings. The maximum absolute atomic E-state index is 13.5. The molecule has 2 fully saturated rings. The van der Waals surface area contributed by atoms with Gasteiger partial charge < -0.3 is 19.3 Å². The van der Waals surface area contributed by atoms with Gasteiger partial charge >= 0.3 is 6.09 Å². The molecule has 2 saturated heterocycles. The molecule has 0 N–H and O–H groups in total. The summed E-state index contributed by atoms with van der Waals surface area (Å²) in [5.41, 5.74) is 0.545. The molecule has 0 aliphatic carbocycles.